The lowest BCUT2D eigenvalue weighted by atomic mass is 10.0. The van der Waals surface area contributed by atoms with Gasteiger partial charge in [-0.2, -0.15) is 0 Å². The lowest BCUT2D eigenvalue weighted by Gasteiger charge is -2.11. The van der Waals surface area contributed by atoms with Crippen LogP contribution in [0, 0.1) is 0 Å². The van der Waals surface area contributed by atoms with Gasteiger partial charge in [0.25, 0.3) is 0 Å². The Morgan fingerprint density at radius 2 is 2.06 bits per heavy atom. The van der Waals surface area contributed by atoms with Crippen LogP contribution in [-0.4, -0.2) is 21.5 Å². The second-order valence-electron chi connectivity index (χ2n) is 4.03. The summed E-state index contributed by atoms with van der Waals surface area (Å²) in [5, 5.41) is 0.221. The average molecular weight is 277 g/mol. The van der Waals surface area contributed by atoms with Gasteiger partial charge in [0.15, 0.2) is 0 Å². The second-order valence-corrected chi connectivity index (χ2v) is 6.17. The number of rotatable bonds is 5. The number of benzene rings is 1. The SMILES string of the molecule is CC(C)c1ccc(Cl)c(S(=O)(=O)NCCN)c1. The minimum atomic E-state index is -3.57. The van der Waals surface area contributed by atoms with Crippen molar-refractivity contribution in [2.45, 2.75) is 24.7 Å². The van der Waals surface area contributed by atoms with Crippen LogP contribution in [-0.2, 0) is 10.0 Å². The van der Waals surface area contributed by atoms with E-state index < -0.39 is 10.0 Å². The van der Waals surface area contributed by atoms with Crippen LogP contribution in [0.15, 0.2) is 23.1 Å². The molecule has 0 radical (unpaired) electrons. The molecule has 1 aromatic carbocycles. The summed E-state index contributed by atoms with van der Waals surface area (Å²) in [5.74, 6) is 0.246. The van der Waals surface area contributed by atoms with Gasteiger partial charge in [-0.25, -0.2) is 13.1 Å². The van der Waals surface area contributed by atoms with Crippen molar-refractivity contribution in [3.63, 3.8) is 0 Å². The summed E-state index contributed by atoms with van der Waals surface area (Å²) in [6.07, 6.45) is 0. The Hall–Kier alpha value is -0.620. The Bertz CT molecular complexity index is 486. The van der Waals surface area contributed by atoms with Gasteiger partial charge in [-0.1, -0.05) is 31.5 Å². The minimum Gasteiger partial charge on any atom is -0.329 e. The van der Waals surface area contributed by atoms with Crippen LogP contribution in [0.5, 0.6) is 0 Å². The van der Waals surface area contributed by atoms with Crippen molar-refractivity contribution < 1.29 is 8.42 Å². The van der Waals surface area contributed by atoms with E-state index in [9.17, 15) is 8.42 Å². The smallest absolute Gasteiger partial charge is 0.242 e. The molecule has 0 saturated heterocycles. The number of hydrogen-bond donors (Lipinski definition) is 2. The van der Waals surface area contributed by atoms with E-state index in [0.29, 0.717) is 0 Å². The lowest BCUT2D eigenvalue weighted by molar-refractivity contribution is 0.582. The van der Waals surface area contributed by atoms with E-state index in [0.717, 1.165) is 5.56 Å². The molecule has 0 atom stereocenters. The Morgan fingerprint density at radius 3 is 2.59 bits per heavy atom. The van der Waals surface area contributed by atoms with Gasteiger partial charge in [0.05, 0.1) is 5.02 Å². The molecular weight excluding hydrogens is 260 g/mol. The molecule has 0 saturated carbocycles. The highest BCUT2D eigenvalue weighted by atomic mass is 35.5. The highest BCUT2D eigenvalue weighted by molar-refractivity contribution is 7.89. The standard InChI is InChI=1S/C11H17ClN2O2S/c1-8(2)9-3-4-10(12)11(7-9)17(15,16)14-6-5-13/h3-4,7-8,14H,5-6,13H2,1-2H3. The Kier molecular flexibility index (Phi) is 4.94. The van der Waals surface area contributed by atoms with E-state index in [2.05, 4.69) is 4.72 Å². The molecule has 4 nitrogen and oxygen atoms in total. The van der Waals surface area contributed by atoms with Crippen LogP contribution in [0.1, 0.15) is 25.3 Å². The fraction of sp³-hybridized carbons (Fsp3) is 0.455. The number of halogens is 1. The topological polar surface area (TPSA) is 72.2 Å². The third-order valence-corrected chi connectivity index (χ3v) is 4.29. The monoisotopic (exact) mass is 276 g/mol. The predicted molar refractivity (Wildman–Crippen MR) is 69.8 cm³/mol. The van der Waals surface area contributed by atoms with E-state index in [-0.39, 0.29) is 28.9 Å². The van der Waals surface area contributed by atoms with E-state index in [4.69, 9.17) is 17.3 Å². The van der Waals surface area contributed by atoms with Gasteiger partial charge >= 0.3 is 0 Å². The summed E-state index contributed by atoms with van der Waals surface area (Å²) in [6.45, 7) is 4.44. The zero-order chi connectivity index (χ0) is 13.1. The van der Waals surface area contributed by atoms with Gasteiger partial charge in [-0.3, -0.25) is 0 Å². The molecule has 6 heteroatoms. The number of hydrogen-bond acceptors (Lipinski definition) is 3. The van der Waals surface area contributed by atoms with E-state index in [1.165, 1.54) is 0 Å². The van der Waals surface area contributed by atoms with Gasteiger partial charge < -0.3 is 5.73 Å². The zero-order valence-electron chi connectivity index (χ0n) is 9.90. The molecule has 0 amide bonds. The third kappa shape index (κ3) is 3.67. The molecule has 0 bridgehead atoms. The molecule has 0 aliphatic rings. The molecule has 0 aliphatic heterocycles. The molecule has 0 unspecified atom stereocenters. The predicted octanol–water partition coefficient (Wildman–Crippen LogP) is 1.70. The largest absolute Gasteiger partial charge is 0.329 e. The van der Waals surface area contributed by atoms with Crippen LogP contribution in [0.4, 0.5) is 0 Å². The van der Waals surface area contributed by atoms with Gasteiger partial charge in [0.2, 0.25) is 10.0 Å². The van der Waals surface area contributed by atoms with Crippen molar-refractivity contribution in [1.29, 1.82) is 0 Å². The minimum absolute atomic E-state index is 0.110. The highest BCUT2D eigenvalue weighted by Crippen LogP contribution is 2.25. The normalized spacial score (nSPS) is 12.1. The molecule has 0 spiro atoms. The first kappa shape index (κ1) is 14.4. The first-order valence-electron chi connectivity index (χ1n) is 5.37. The maximum absolute atomic E-state index is 11.9. The summed E-state index contributed by atoms with van der Waals surface area (Å²) >= 11 is 5.91. The molecule has 17 heavy (non-hydrogen) atoms. The fourth-order valence-electron chi connectivity index (χ4n) is 1.36. The highest BCUT2D eigenvalue weighted by Gasteiger charge is 2.18. The summed E-state index contributed by atoms with van der Waals surface area (Å²) < 4.78 is 26.3. The van der Waals surface area contributed by atoms with Crippen LogP contribution < -0.4 is 10.5 Å². The lowest BCUT2D eigenvalue weighted by Crippen LogP contribution is -2.29. The van der Waals surface area contributed by atoms with Crippen molar-refractivity contribution >= 4 is 21.6 Å². The maximum Gasteiger partial charge on any atom is 0.242 e. The fourth-order valence-corrected chi connectivity index (χ4v) is 2.94. The number of nitrogens with one attached hydrogen (secondary N) is 1. The molecule has 1 rings (SSSR count). The van der Waals surface area contributed by atoms with Crippen molar-refractivity contribution in [1.82, 2.24) is 4.72 Å². The Balaban J connectivity index is 3.16. The molecule has 96 valence electrons. The number of sulfonamides is 1. The average Bonchev–Trinajstić information content (AvgIpc) is 2.26. The van der Waals surface area contributed by atoms with Gasteiger partial charge in [-0.05, 0) is 23.6 Å². The molecule has 0 aromatic heterocycles. The van der Waals surface area contributed by atoms with Gasteiger partial charge in [0.1, 0.15) is 4.90 Å². The Morgan fingerprint density at radius 1 is 1.41 bits per heavy atom. The van der Waals surface area contributed by atoms with Crippen molar-refractivity contribution in [3.05, 3.63) is 28.8 Å². The second kappa shape index (κ2) is 5.82. The van der Waals surface area contributed by atoms with Gasteiger partial charge in [0, 0.05) is 13.1 Å². The van der Waals surface area contributed by atoms with E-state index in [1.54, 1.807) is 12.1 Å². The Labute approximate surface area is 107 Å². The quantitative estimate of drug-likeness (QED) is 0.860. The van der Waals surface area contributed by atoms with E-state index in [1.807, 2.05) is 19.9 Å². The van der Waals surface area contributed by atoms with Crippen molar-refractivity contribution in [2.75, 3.05) is 13.1 Å². The van der Waals surface area contributed by atoms with Crippen LogP contribution in [0.2, 0.25) is 5.02 Å². The van der Waals surface area contributed by atoms with Crippen molar-refractivity contribution in [3.8, 4) is 0 Å². The van der Waals surface area contributed by atoms with Gasteiger partial charge in [-0.15, -0.1) is 0 Å². The molecule has 0 heterocycles. The zero-order valence-corrected chi connectivity index (χ0v) is 11.5. The van der Waals surface area contributed by atoms with Crippen LogP contribution >= 0.6 is 11.6 Å². The molecular formula is C11H17ClN2O2S. The third-order valence-electron chi connectivity index (χ3n) is 2.35. The summed E-state index contributed by atoms with van der Waals surface area (Å²) in [5.41, 5.74) is 6.20. The molecule has 1 aromatic rings. The van der Waals surface area contributed by atoms with Crippen LogP contribution in [0.3, 0.4) is 0 Å². The van der Waals surface area contributed by atoms with Crippen LogP contribution in [0.25, 0.3) is 0 Å². The first-order valence-corrected chi connectivity index (χ1v) is 7.23. The van der Waals surface area contributed by atoms with Crippen molar-refractivity contribution in [2.24, 2.45) is 5.73 Å². The first-order chi connectivity index (χ1) is 7.88. The summed E-state index contributed by atoms with van der Waals surface area (Å²) in [6, 6.07) is 5.04. The molecule has 3 N–H and O–H groups in total. The van der Waals surface area contributed by atoms with E-state index >= 15 is 0 Å². The molecule has 0 aliphatic carbocycles. The number of nitrogens with two attached hydrogens (primary N) is 1. The maximum atomic E-state index is 11.9. The summed E-state index contributed by atoms with van der Waals surface area (Å²) in [4.78, 5) is 0.110. The molecule has 0 fully saturated rings. The summed E-state index contributed by atoms with van der Waals surface area (Å²) in [7, 11) is -3.57.